The van der Waals surface area contributed by atoms with Crippen LogP contribution in [0.15, 0.2) is 24.3 Å². The predicted octanol–water partition coefficient (Wildman–Crippen LogP) is 3.10. The molecule has 0 aliphatic carbocycles. The number of alkyl halides is 2. The SMILES string of the molecule is Fc1cccc(CC(F)CBr)c1. The topological polar surface area (TPSA) is 0 Å². The zero-order valence-electron chi connectivity index (χ0n) is 6.43. The maximum absolute atomic E-state index is 12.8. The summed E-state index contributed by atoms with van der Waals surface area (Å²) >= 11 is 3.02. The number of hydrogen-bond donors (Lipinski definition) is 0. The van der Waals surface area contributed by atoms with E-state index in [2.05, 4.69) is 15.9 Å². The Morgan fingerprint density at radius 3 is 2.75 bits per heavy atom. The van der Waals surface area contributed by atoms with E-state index >= 15 is 0 Å². The second kappa shape index (κ2) is 4.55. The first-order valence-electron chi connectivity index (χ1n) is 3.67. The minimum atomic E-state index is -0.938. The molecule has 0 bridgehead atoms. The molecule has 0 aliphatic heterocycles. The van der Waals surface area contributed by atoms with Crippen LogP contribution in [0.5, 0.6) is 0 Å². The van der Waals surface area contributed by atoms with Gasteiger partial charge in [0, 0.05) is 11.8 Å². The number of halogens is 3. The number of rotatable bonds is 3. The van der Waals surface area contributed by atoms with Crippen molar-refractivity contribution >= 4 is 15.9 Å². The summed E-state index contributed by atoms with van der Waals surface area (Å²) in [6.07, 6.45) is -0.671. The fraction of sp³-hybridized carbons (Fsp3) is 0.333. The lowest BCUT2D eigenvalue weighted by Crippen LogP contribution is -2.05. The molecule has 0 radical (unpaired) electrons. The fourth-order valence-electron chi connectivity index (χ4n) is 0.974. The molecular formula is C9H9BrF2. The number of benzene rings is 1. The lowest BCUT2D eigenvalue weighted by atomic mass is 10.1. The van der Waals surface area contributed by atoms with Crippen LogP contribution < -0.4 is 0 Å². The van der Waals surface area contributed by atoms with Crippen LogP contribution in [0, 0.1) is 5.82 Å². The molecule has 12 heavy (non-hydrogen) atoms. The molecule has 0 saturated heterocycles. The third kappa shape index (κ3) is 2.89. The molecule has 3 heteroatoms. The molecule has 0 aromatic heterocycles. The molecule has 1 aromatic rings. The van der Waals surface area contributed by atoms with Gasteiger partial charge in [-0.05, 0) is 17.7 Å². The molecule has 1 rings (SSSR count). The van der Waals surface area contributed by atoms with Gasteiger partial charge in [-0.1, -0.05) is 28.1 Å². The Hall–Kier alpha value is -0.440. The Morgan fingerprint density at radius 1 is 1.42 bits per heavy atom. The smallest absolute Gasteiger partial charge is 0.123 e. The molecule has 0 amide bonds. The fourth-order valence-corrected chi connectivity index (χ4v) is 1.20. The van der Waals surface area contributed by atoms with Gasteiger partial charge in [0.2, 0.25) is 0 Å². The van der Waals surface area contributed by atoms with Crippen LogP contribution in [0.25, 0.3) is 0 Å². The van der Waals surface area contributed by atoms with E-state index in [1.807, 2.05) is 0 Å². The molecule has 0 fully saturated rings. The average Bonchev–Trinajstić information content (AvgIpc) is 2.04. The standard InChI is InChI=1S/C9H9BrF2/c10-6-9(12)5-7-2-1-3-8(11)4-7/h1-4,9H,5-6H2. The van der Waals surface area contributed by atoms with Gasteiger partial charge in [-0.3, -0.25) is 0 Å². The lowest BCUT2D eigenvalue weighted by Gasteiger charge is -2.03. The van der Waals surface area contributed by atoms with E-state index in [1.165, 1.54) is 12.1 Å². The van der Waals surface area contributed by atoms with Crippen LogP contribution in [-0.4, -0.2) is 11.5 Å². The maximum atomic E-state index is 12.8. The van der Waals surface area contributed by atoms with Crippen LogP contribution in [0.1, 0.15) is 5.56 Å². The van der Waals surface area contributed by atoms with Gasteiger partial charge in [-0.2, -0.15) is 0 Å². The molecule has 1 atom stereocenters. The van der Waals surface area contributed by atoms with Gasteiger partial charge in [-0.25, -0.2) is 8.78 Å². The number of hydrogen-bond acceptors (Lipinski definition) is 0. The van der Waals surface area contributed by atoms with E-state index in [9.17, 15) is 8.78 Å². The Labute approximate surface area is 78.7 Å². The summed E-state index contributed by atoms with van der Waals surface area (Å²) in [7, 11) is 0. The molecular weight excluding hydrogens is 226 g/mol. The van der Waals surface area contributed by atoms with Crippen molar-refractivity contribution < 1.29 is 8.78 Å². The average molecular weight is 235 g/mol. The summed E-state index contributed by atoms with van der Waals surface area (Å²) in [5, 5.41) is 0.295. The zero-order chi connectivity index (χ0) is 8.97. The second-order valence-corrected chi connectivity index (χ2v) is 3.23. The van der Waals surface area contributed by atoms with Crippen LogP contribution in [0.2, 0.25) is 0 Å². The molecule has 1 unspecified atom stereocenters. The van der Waals surface area contributed by atoms with Gasteiger partial charge in [0.05, 0.1) is 0 Å². The summed E-state index contributed by atoms with van der Waals surface area (Å²) in [6.45, 7) is 0. The lowest BCUT2D eigenvalue weighted by molar-refractivity contribution is 0.368. The Bertz CT molecular complexity index is 250. The molecule has 0 heterocycles. The highest BCUT2D eigenvalue weighted by Crippen LogP contribution is 2.09. The maximum Gasteiger partial charge on any atom is 0.123 e. The van der Waals surface area contributed by atoms with Crippen molar-refractivity contribution in [3.63, 3.8) is 0 Å². The molecule has 66 valence electrons. The quantitative estimate of drug-likeness (QED) is 0.706. The second-order valence-electron chi connectivity index (χ2n) is 2.59. The summed E-state index contributed by atoms with van der Waals surface area (Å²) in [5.74, 6) is -0.311. The molecule has 0 N–H and O–H groups in total. The van der Waals surface area contributed by atoms with Crippen molar-refractivity contribution in [2.75, 3.05) is 5.33 Å². The molecule has 1 aromatic carbocycles. The van der Waals surface area contributed by atoms with Crippen LogP contribution in [-0.2, 0) is 6.42 Å². The Morgan fingerprint density at radius 2 is 2.17 bits per heavy atom. The first kappa shape index (κ1) is 9.65. The van der Waals surface area contributed by atoms with E-state index in [0.717, 1.165) is 0 Å². The Balaban J connectivity index is 2.63. The van der Waals surface area contributed by atoms with Gasteiger partial charge in [0.15, 0.2) is 0 Å². The first-order chi connectivity index (χ1) is 5.72. The third-order valence-electron chi connectivity index (χ3n) is 1.51. The predicted molar refractivity (Wildman–Crippen MR) is 48.8 cm³/mol. The van der Waals surface area contributed by atoms with Gasteiger partial charge < -0.3 is 0 Å². The minimum Gasteiger partial charge on any atom is -0.246 e. The van der Waals surface area contributed by atoms with Crippen LogP contribution in [0.4, 0.5) is 8.78 Å². The Kier molecular flexibility index (Phi) is 3.66. The van der Waals surface area contributed by atoms with Gasteiger partial charge in [-0.15, -0.1) is 0 Å². The van der Waals surface area contributed by atoms with Crippen molar-refractivity contribution in [2.45, 2.75) is 12.6 Å². The zero-order valence-corrected chi connectivity index (χ0v) is 8.02. The minimum absolute atomic E-state index is 0.267. The largest absolute Gasteiger partial charge is 0.246 e. The van der Waals surface area contributed by atoms with Crippen molar-refractivity contribution in [2.24, 2.45) is 0 Å². The van der Waals surface area contributed by atoms with E-state index in [0.29, 0.717) is 10.9 Å². The molecule has 0 spiro atoms. The van der Waals surface area contributed by atoms with E-state index in [4.69, 9.17) is 0 Å². The van der Waals surface area contributed by atoms with Crippen molar-refractivity contribution in [1.29, 1.82) is 0 Å². The van der Waals surface area contributed by atoms with Crippen molar-refractivity contribution in [3.05, 3.63) is 35.6 Å². The van der Waals surface area contributed by atoms with E-state index in [-0.39, 0.29) is 12.2 Å². The van der Waals surface area contributed by atoms with Gasteiger partial charge in [0.1, 0.15) is 12.0 Å². The molecule has 0 saturated carbocycles. The third-order valence-corrected chi connectivity index (χ3v) is 2.22. The van der Waals surface area contributed by atoms with E-state index < -0.39 is 6.17 Å². The van der Waals surface area contributed by atoms with Crippen molar-refractivity contribution in [1.82, 2.24) is 0 Å². The summed E-state index contributed by atoms with van der Waals surface area (Å²) in [6, 6.07) is 6.02. The van der Waals surface area contributed by atoms with Crippen LogP contribution >= 0.6 is 15.9 Å². The summed E-state index contributed by atoms with van der Waals surface area (Å²) in [4.78, 5) is 0. The van der Waals surface area contributed by atoms with Gasteiger partial charge in [0.25, 0.3) is 0 Å². The summed E-state index contributed by atoms with van der Waals surface area (Å²) < 4.78 is 25.4. The first-order valence-corrected chi connectivity index (χ1v) is 4.79. The normalized spacial score (nSPS) is 12.9. The summed E-state index contributed by atoms with van der Waals surface area (Å²) in [5.41, 5.74) is 0.696. The van der Waals surface area contributed by atoms with Crippen LogP contribution in [0.3, 0.4) is 0 Å². The highest BCUT2D eigenvalue weighted by molar-refractivity contribution is 9.09. The van der Waals surface area contributed by atoms with E-state index in [1.54, 1.807) is 12.1 Å². The van der Waals surface area contributed by atoms with Gasteiger partial charge >= 0.3 is 0 Å². The van der Waals surface area contributed by atoms with Crippen molar-refractivity contribution in [3.8, 4) is 0 Å². The highest BCUT2D eigenvalue weighted by atomic mass is 79.9. The molecule has 0 aliphatic rings. The molecule has 0 nitrogen and oxygen atoms in total. The monoisotopic (exact) mass is 234 g/mol. The highest BCUT2D eigenvalue weighted by Gasteiger charge is 2.05.